The molecule has 2 atom stereocenters. The summed E-state index contributed by atoms with van der Waals surface area (Å²) in [5.41, 5.74) is 0.110. The first kappa shape index (κ1) is 18.8. The summed E-state index contributed by atoms with van der Waals surface area (Å²) >= 11 is 6.44. The fourth-order valence-electron chi connectivity index (χ4n) is 5.97. The van der Waals surface area contributed by atoms with Crippen molar-refractivity contribution in [1.29, 1.82) is 0 Å². The van der Waals surface area contributed by atoms with Gasteiger partial charge in [0.15, 0.2) is 0 Å². The Morgan fingerprint density at radius 2 is 1.85 bits per heavy atom. The Kier molecular flexibility index (Phi) is 4.33. The third kappa shape index (κ3) is 3.26. The molecule has 4 fully saturated rings. The maximum absolute atomic E-state index is 12.9. The number of amides is 2. The monoisotopic (exact) mass is 392 g/mol. The molecule has 0 aromatic carbocycles. The van der Waals surface area contributed by atoms with Crippen molar-refractivity contribution in [2.24, 2.45) is 17.8 Å². The van der Waals surface area contributed by atoms with E-state index in [1.807, 2.05) is 20.8 Å². The van der Waals surface area contributed by atoms with Crippen LogP contribution < -0.4 is 10.6 Å². The summed E-state index contributed by atoms with van der Waals surface area (Å²) in [5, 5.41) is 11.2. The summed E-state index contributed by atoms with van der Waals surface area (Å²) in [4.78, 5) is 24.6. The number of carbonyl (C=O) groups excluding carboxylic acids is 2. The van der Waals surface area contributed by atoms with E-state index >= 15 is 0 Å². The average Bonchev–Trinajstić information content (AvgIpc) is 2.90. The predicted octanol–water partition coefficient (Wildman–Crippen LogP) is 3.10. The van der Waals surface area contributed by atoms with Gasteiger partial charge in [-0.15, -0.1) is 0 Å². The van der Waals surface area contributed by atoms with Crippen LogP contribution in [0.4, 0.5) is 0 Å². The molecule has 0 aliphatic heterocycles. The van der Waals surface area contributed by atoms with Crippen molar-refractivity contribution < 1.29 is 9.59 Å². The summed E-state index contributed by atoms with van der Waals surface area (Å²) in [6.45, 7) is 7.62. The van der Waals surface area contributed by atoms with Gasteiger partial charge in [-0.3, -0.25) is 9.59 Å². The molecule has 2 unspecified atom stereocenters. The molecule has 27 heavy (non-hydrogen) atoms. The zero-order chi connectivity index (χ0) is 19.6. The molecular formula is C20H29ClN4O2. The molecule has 4 saturated carbocycles. The Labute approximate surface area is 165 Å². The van der Waals surface area contributed by atoms with E-state index in [-0.39, 0.29) is 28.9 Å². The zero-order valence-corrected chi connectivity index (χ0v) is 17.3. The Hall–Kier alpha value is -1.56. The van der Waals surface area contributed by atoms with Crippen LogP contribution in [0.1, 0.15) is 70.2 Å². The quantitative estimate of drug-likeness (QED) is 0.829. The van der Waals surface area contributed by atoms with E-state index in [0.717, 1.165) is 32.1 Å². The third-order valence-corrected chi connectivity index (χ3v) is 6.97. The van der Waals surface area contributed by atoms with Gasteiger partial charge in [-0.25, -0.2) is 4.68 Å². The van der Waals surface area contributed by atoms with E-state index in [2.05, 4.69) is 15.7 Å². The minimum absolute atomic E-state index is 0.0545. The molecule has 4 aliphatic rings. The van der Waals surface area contributed by atoms with Gasteiger partial charge in [0.05, 0.1) is 17.3 Å². The predicted molar refractivity (Wildman–Crippen MR) is 104 cm³/mol. The van der Waals surface area contributed by atoms with Crippen molar-refractivity contribution in [3.63, 3.8) is 0 Å². The molecule has 1 aromatic heterocycles. The zero-order valence-electron chi connectivity index (χ0n) is 16.5. The van der Waals surface area contributed by atoms with Crippen molar-refractivity contribution in [3.8, 4) is 0 Å². The Morgan fingerprint density at radius 1 is 1.22 bits per heavy atom. The molecule has 2 N–H and O–H groups in total. The van der Waals surface area contributed by atoms with Gasteiger partial charge in [0.1, 0.15) is 5.15 Å². The van der Waals surface area contributed by atoms with Gasteiger partial charge in [-0.05, 0) is 70.6 Å². The number of halogens is 1. The highest BCUT2D eigenvalue weighted by atomic mass is 35.5. The highest BCUT2D eigenvalue weighted by Gasteiger charge is 2.56. The van der Waals surface area contributed by atoms with E-state index in [1.54, 1.807) is 17.8 Å². The normalized spacial score (nSPS) is 34.6. The Balaban J connectivity index is 1.51. The molecule has 1 heterocycles. The van der Waals surface area contributed by atoms with Crippen LogP contribution in [0, 0.1) is 17.8 Å². The fourth-order valence-corrected chi connectivity index (χ4v) is 6.40. The molecule has 148 valence electrons. The third-order valence-electron chi connectivity index (χ3n) is 6.60. The van der Waals surface area contributed by atoms with Crippen molar-refractivity contribution in [1.82, 2.24) is 20.4 Å². The number of hydrogen-bond acceptors (Lipinski definition) is 3. The first-order chi connectivity index (χ1) is 12.6. The van der Waals surface area contributed by atoms with Gasteiger partial charge in [-0.2, -0.15) is 5.10 Å². The van der Waals surface area contributed by atoms with E-state index < -0.39 is 0 Å². The number of nitrogens with zero attached hydrogens (tertiary/aromatic N) is 2. The van der Waals surface area contributed by atoms with Crippen LogP contribution in [0.15, 0.2) is 6.20 Å². The lowest BCUT2D eigenvalue weighted by Crippen LogP contribution is -2.66. The van der Waals surface area contributed by atoms with Crippen LogP contribution >= 0.6 is 11.6 Å². The second-order valence-electron chi connectivity index (χ2n) is 9.86. The van der Waals surface area contributed by atoms with Crippen molar-refractivity contribution in [2.75, 3.05) is 0 Å². The van der Waals surface area contributed by atoms with Crippen molar-refractivity contribution in [3.05, 3.63) is 16.9 Å². The number of aromatic nitrogens is 2. The molecule has 0 spiro atoms. The lowest BCUT2D eigenvalue weighted by molar-refractivity contribution is -0.125. The largest absolute Gasteiger partial charge is 0.351 e. The van der Waals surface area contributed by atoms with Crippen LogP contribution in [0.25, 0.3) is 0 Å². The number of hydrogen-bond donors (Lipinski definition) is 2. The second kappa shape index (κ2) is 6.23. The second-order valence-corrected chi connectivity index (χ2v) is 10.2. The smallest absolute Gasteiger partial charge is 0.256 e. The van der Waals surface area contributed by atoms with Gasteiger partial charge in [-0.1, -0.05) is 11.6 Å². The lowest BCUT2D eigenvalue weighted by Gasteiger charge is -2.60. The fraction of sp³-hybridized carbons (Fsp3) is 0.750. The van der Waals surface area contributed by atoms with E-state index in [1.165, 1.54) is 0 Å². The molecule has 4 aliphatic carbocycles. The summed E-state index contributed by atoms with van der Waals surface area (Å²) in [7, 11) is 0. The maximum Gasteiger partial charge on any atom is 0.256 e. The minimum atomic E-state index is -0.275. The first-order valence-corrected chi connectivity index (χ1v) is 10.3. The van der Waals surface area contributed by atoms with Crippen molar-refractivity contribution in [2.45, 2.75) is 76.9 Å². The van der Waals surface area contributed by atoms with E-state index in [0.29, 0.717) is 28.5 Å². The molecule has 0 radical (unpaired) electrons. The van der Waals surface area contributed by atoms with Gasteiger partial charge in [0.25, 0.3) is 5.91 Å². The highest BCUT2D eigenvalue weighted by Crippen LogP contribution is 2.55. The first-order valence-electron chi connectivity index (χ1n) is 9.92. The van der Waals surface area contributed by atoms with Gasteiger partial charge >= 0.3 is 0 Å². The number of carbonyl (C=O) groups is 2. The topological polar surface area (TPSA) is 76.0 Å². The summed E-state index contributed by atoms with van der Waals surface area (Å²) in [6.07, 6.45) is 6.84. The molecular weight excluding hydrogens is 364 g/mol. The summed E-state index contributed by atoms with van der Waals surface area (Å²) < 4.78 is 1.69. The van der Waals surface area contributed by atoms with Gasteiger partial charge in [0.2, 0.25) is 5.91 Å². The summed E-state index contributed by atoms with van der Waals surface area (Å²) in [6, 6.07) is 0.157. The molecule has 7 heteroatoms. The van der Waals surface area contributed by atoms with Gasteiger partial charge in [0, 0.05) is 18.5 Å². The molecule has 0 saturated heterocycles. The minimum Gasteiger partial charge on any atom is -0.351 e. The van der Waals surface area contributed by atoms with Gasteiger partial charge < -0.3 is 10.6 Å². The Morgan fingerprint density at radius 3 is 2.37 bits per heavy atom. The van der Waals surface area contributed by atoms with Crippen LogP contribution in [-0.4, -0.2) is 33.2 Å². The number of nitrogens with one attached hydrogen (secondary N) is 2. The van der Waals surface area contributed by atoms with Crippen LogP contribution in [-0.2, 0) is 10.3 Å². The highest BCUT2D eigenvalue weighted by molar-refractivity contribution is 6.32. The van der Waals surface area contributed by atoms with E-state index in [4.69, 9.17) is 11.6 Å². The van der Waals surface area contributed by atoms with Crippen LogP contribution in [0.3, 0.4) is 0 Å². The summed E-state index contributed by atoms with van der Waals surface area (Å²) in [5.74, 6) is 1.42. The van der Waals surface area contributed by atoms with Crippen LogP contribution in [0.2, 0.25) is 5.15 Å². The van der Waals surface area contributed by atoms with Crippen LogP contribution in [0.5, 0.6) is 0 Å². The lowest BCUT2D eigenvalue weighted by atomic mass is 9.51. The molecule has 4 bridgehead atoms. The standard InChI is InChI=1S/C20H29ClN4O2/c1-11(26)24-20-7-12-5-13(8-20)16(14(6-12)9-20)23-18(27)15-10-22-25(17(15)21)19(2,3)4/h10,12-14,16H,5-9H2,1-4H3,(H,23,27)(H,24,26). The average molecular weight is 393 g/mol. The molecule has 2 amide bonds. The molecule has 5 rings (SSSR count). The van der Waals surface area contributed by atoms with E-state index in [9.17, 15) is 9.59 Å². The number of rotatable bonds is 3. The van der Waals surface area contributed by atoms with Crippen molar-refractivity contribution >= 4 is 23.4 Å². The SMILES string of the molecule is CC(=O)NC12CC3CC(C1)C(NC(=O)c1cnn(C(C)(C)C)c1Cl)C(C3)C2. The maximum atomic E-state index is 12.9. The molecule has 1 aromatic rings. The molecule has 6 nitrogen and oxygen atoms in total. The Bertz CT molecular complexity index is 765.